The van der Waals surface area contributed by atoms with Crippen LogP contribution in [-0.2, 0) is 42.8 Å². The molecule has 416 valence electrons. The van der Waals surface area contributed by atoms with Crippen molar-refractivity contribution in [1.82, 2.24) is 0 Å². The lowest BCUT2D eigenvalue weighted by Gasteiger charge is -2.19. The zero-order valence-electron chi connectivity index (χ0n) is 46.2. The van der Waals surface area contributed by atoms with E-state index < -0.39 is 17.9 Å². The van der Waals surface area contributed by atoms with E-state index in [4.69, 9.17) is 42.6 Å². The quantitative estimate of drug-likeness (QED) is 0.0175. The van der Waals surface area contributed by atoms with Crippen molar-refractivity contribution in [3.8, 4) is 17.2 Å². The first-order valence-electron chi connectivity index (χ1n) is 28.2. The van der Waals surface area contributed by atoms with Crippen LogP contribution >= 0.6 is 0 Å². The van der Waals surface area contributed by atoms with E-state index in [1.54, 1.807) is 20.8 Å². The number of ether oxygens (including phenoxy) is 9. The van der Waals surface area contributed by atoms with E-state index >= 15 is 0 Å². The van der Waals surface area contributed by atoms with Gasteiger partial charge < -0.3 is 42.6 Å². The lowest BCUT2D eigenvalue weighted by atomic mass is 10.1. The molecule has 0 spiro atoms. The zero-order chi connectivity index (χ0) is 54.0. The molecule has 12 nitrogen and oxygen atoms in total. The van der Waals surface area contributed by atoms with Crippen LogP contribution in [0.2, 0.25) is 0 Å². The first kappa shape index (κ1) is 63.9. The molecule has 0 aliphatic heterocycles. The Morgan fingerprint density at radius 1 is 0.347 bits per heavy atom. The van der Waals surface area contributed by atoms with Crippen molar-refractivity contribution in [2.24, 2.45) is 0 Å². The van der Waals surface area contributed by atoms with Gasteiger partial charge >= 0.3 is 17.9 Å². The van der Waals surface area contributed by atoms with Gasteiger partial charge in [0.15, 0.2) is 6.29 Å². The fraction of sp³-hybridized carbons (Fsp3) is 0.571. The Labute approximate surface area is 450 Å². The van der Waals surface area contributed by atoms with Crippen LogP contribution in [-0.4, -0.2) is 90.3 Å². The molecule has 0 N–H and O–H groups in total. The van der Waals surface area contributed by atoms with Crippen molar-refractivity contribution in [3.63, 3.8) is 0 Å². The Morgan fingerprint density at radius 3 is 0.880 bits per heavy atom. The van der Waals surface area contributed by atoms with Crippen LogP contribution in [0.25, 0.3) is 16.7 Å². The summed E-state index contributed by atoms with van der Waals surface area (Å²) in [5.41, 5.74) is 3.28. The molecule has 0 heterocycles. The second kappa shape index (κ2) is 41.8. The van der Waals surface area contributed by atoms with Crippen molar-refractivity contribution in [3.05, 3.63) is 109 Å². The maximum atomic E-state index is 11.9. The van der Waals surface area contributed by atoms with Crippen molar-refractivity contribution < 1.29 is 57.0 Å². The summed E-state index contributed by atoms with van der Waals surface area (Å²) in [4.78, 5) is 35.8. The van der Waals surface area contributed by atoms with Crippen molar-refractivity contribution in [1.29, 1.82) is 0 Å². The highest BCUT2D eigenvalue weighted by Crippen LogP contribution is 2.23. The van der Waals surface area contributed by atoms with Gasteiger partial charge in [0, 0.05) is 26.2 Å². The number of esters is 3. The monoisotopic (exact) mass is 1040 g/mol. The first-order valence-corrected chi connectivity index (χ1v) is 28.2. The number of hydrogen-bond donors (Lipinski definition) is 0. The smallest absolute Gasteiger partial charge is 0.338 e. The van der Waals surface area contributed by atoms with Crippen molar-refractivity contribution >= 4 is 34.6 Å². The molecule has 75 heavy (non-hydrogen) atoms. The molecular weight excluding hydrogens is 949 g/mol. The van der Waals surface area contributed by atoms with Gasteiger partial charge in [-0.05, 0) is 112 Å². The second-order valence-electron chi connectivity index (χ2n) is 18.7. The molecule has 0 radical (unpaired) electrons. The van der Waals surface area contributed by atoms with Crippen LogP contribution in [0.1, 0.15) is 179 Å². The normalized spacial score (nSPS) is 11.0. The molecule has 0 aliphatic carbocycles. The minimum Gasteiger partial charge on any atom is -0.494 e. The van der Waals surface area contributed by atoms with Gasteiger partial charge in [0.1, 0.15) is 17.2 Å². The third kappa shape index (κ3) is 29.5. The largest absolute Gasteiger partial charge is 0.494 e. The summed E-state index contributed by atoms with van der Waals surface area (Å²) in [6.07, 6.45) is 24.2. The van der Waals surface area contributed by atoms with Gasteiger partial charge in [0.2, 0.25) is 0 Å². The van der Waals surface area contributed by atoms with E-state index in [0.717, 1.165) is 124 Å². The van der Waals surface area contributed by atoms with Gasteiger partial charge in [-0.2, -0.15) is 0 Å². The summed E-state index contributed by atoms with van der Waals surface area (Å²) >= 11 is 0. The maximum absolute atomic E-state index is 11.9. The lowest BCUT2D eigenvalue weighted by molar-refractivity contribution is -0.154. The molecule has 3 rings (SSSR count). The molecule has 12 heteroatoms. The standard InChI is InChI=1S/C63H92O12/c1-7-68-61(64)51(4)54-31-37-57(38-32-54)71-45-26-20-14-10-13-19-25-44-67-50-43-60(74-48-29-23-17-11-15-21-27-46-72-58-39-33-55(34-40-58)52(5)62(65)69-8-2)75-49-30-24-18-12-16-22-28-47-73-59-41-35-56(36-42-59)53(6)63(66)70-9-3/h31-42,60H,4-30,43-50H2,1-3H3. The number of unbranched alkanes of at least 4 members (excludes halogenated alkanes) is 18. The Morgan fingerprint density at radius 2 is 0.600 bits per heavy atom. The summed E-state index contributed by atoms with van der Waals surface area (Å²) in [5.74, 6) is 1.18. The summed E-state index contributed by atoms with van der Waals surface area (Å²) in [6.45, 7) is 22.6. The fourth-order valence-corrected chi connectivity index (χ4v) is 8.13. The molecule has 0 atom stereocenters. The third-order valence-electron chi connectivity index (χ3n) is 12.6. The Kier molecular flexibility index (Phi) is 35.6. The van der Waals surface area contributed by atoms with Gasteiger partial charge in [0.05, 0.1) is 63.0 Å². The highest BCUT2D eigenvalue weighted by Gasteiger charge is 2.14. The molecule has 3 aromatic rings. The second-order valence-corrected chi connectivity index (χ2v) is 18.7. The Hall–Kier alpha value is -5.43. The van der Waals surface area contributed by atoms with Gasteiger partial charge in [-0.1, -0.05) is 152 Å². The minimum atomic E-state index is -0.397. The molecule has 0 unspecified atom stereocenters. The summed E-state index contributed by atoms with van der Waals surface area (Å²) in [6, 6.07) is 22.3. The fourth-order valence-electron chi connectivity index (χ4n) is 8.13. The van der Waals surface area contributed by atoms with Crippen molar-refractivity contribution in [2.45, 2.75) is 168 Å². The first-order chi connectivity index (χ1) is 36.7. The highest BCUT2D eigenvalue weighted by molar-refractivity contribution is 6.16. The van der Waals surface area contributed by atoms with Crippen LogP contribution in [0, 0.1) is 0 Å². The molecule has 0 bridgehead atoms. The molecule has 0 saturated heterocycles. The molecular formula is C63H92O12. The van der Waals surface area contributed by atoms with E-state index in [0.29, 0.717) is 76.2 Å². The van der Waals surface area contributed by atoms with E-state index in [1.165, 1.54) is 57.8 Å². The Balaban J connectivity index is 1.23. The predicted molar refractivity (Wildman–Crippen MR) is 301 cm³/mol. The van der Waals surface area contributed by atoms with Crippen LogP contribution in [0.15, 0.2) is 92.5 Å². The van der Waals surface area contributed by atoms with Crippen LogP contribution in [0.5, 0.6) is 17.2 Å². The summed E-state index contributed by atoms with van der Waals surface area (Å²) in [7, 11) is 0. The maximum Gasteiger partial charge on any atom is 0.338 e. The van der Waals surface area contributed by atoms with Crippen molar-refractivity contribution in [2.75, 3.05) is 66.1 Å². The molecule has 0 aromatic heterocycles. The van der Waals surface area contributed by atoms with Gasteiger partial charge in [-0.15, -0.1) is 0 Å². The zero-order valence-corrected chi connectivity index (χ0v) is 46.2. The van der Waals surface area contributed by atoms with Gasteiger partial charge in [-0.25, -0.2) is 14.4 Å². The molecule has 0 saturated carbocycles. The lowest BCUT2D eigenvalue weighted by Crippen LogP contribution is -2.21. The molecule has 0 fully saturated rings. The molecule has 0 amide bonds. The number of carbonyl (C=O) groups excluding carboxylic acids is 3. The van der Waals surface area contributed by atoms with Crippen LogP contribution in [0.4, 0.5) is 0 Å². The average molecular weight is 1040 g/mol. The summed E-state index contributed by atoms with van der Waals surface area (Å²) in [5, 5.41) is 0. The van der Waals surface area contributed by atoms with Crippen LogP contribution < -0.4 is 14.2 Å². The minimum absolute atomic E-state index is 0.246. The molecule has 0 aliphatic rings. The number of hydrogen-bond acceptors (Lipinski definition) is 12. The van der Waals surface area contributed by atoms with E-state index in [2.05, 4.69) is 19.7 Å². The van der Waals surface area contributed by atoms with E-state index in [9.17, 15) is 14.4 Å². The summed E-state index contributed by atoms with van der Waals surface area (Å²) < 4.78 is 51.5. The van der Waals surface area contributed by atoms with Crippen LogP contribution in [0.3, 0.4) is 0 Å². The third-order valence-corrected chi connectivity index (χ3v) is 12.6. The van der Waals surface area contributed by atoms with E-state index in [1.807, 2.05) is 72.8 Å². The van der Waals surface area contributed by atoms with Gasteiger partial charge in [0.25, 0.3) is 0 Å². The van der Waals surface area contributed by atoms with E-state index in [-0.39, 0.29) is 6.29 Å². The predicted octanol–water partition coefficient (Wildman–Crippen LogP) is 14.9. The number of carbonyl (C=O) groups is 3. The highest BCUT2D eigenvalue weighted by atomic mass is 16.7. The van der Waals surface area contributed by atoms with Gasteiger partial charge in [-0.3, -0.25) is 0 Å². The average Bonchev–Trinajstić information content (AvgIpc) is 3.42. The SMILES string of the molecule is C=C(C(=O)OCC)c1ccc(OCCCCCCCCCOCCC(OCCCCCCCCCOc2ccc(C(=C)C(=O)OCC)cc2)OCCCCCCCCCOc2ccc(C(=C)C(=O)OCC)cc2)cc1. The number of benzene rings is 3. The Bertz CT molecular complexity index is 1910. The topological polar surface area (TPSA) is 134 Å². The number of rotatable bonds is 47. The molecule has 3 aromatic carbocycles.